The number of hydrogen-bond acceptors (Lipinski definition) is 5. The zero-order valence-electron chi connectivity index (χ0n) is 14.4. The Kier molecular flexibility index (Phi) is 6.33. The van der Waals surface area contributed by atoms with Crippen LogP contribution < -0.4 is 14.8 Å². The Morgan fingerprint density at radius 1 is 1.15 bits per heavy atom. The lowest BCUT2D eigenvalue weighted by Crippen LogP contribution is -2.42. The fraction of sp³-hybridized carbons (Fsp3) is 0.200. The number of fused-ring (bicyclic) bond motifs is 1. The molecule has 7 heteroatoms. The monoisotopic (exact) mass is 387 g/mol. The van der Waals surface area contributed by atoms with Crippen molar-refractivity contribution in [3.63, 3.8) is 0 Å². The number of ether oxygens (including phenoxy) is 3. The third-order valence-electron chi connectivity index (χ3n) is 3.72. The van der Waals surface area contributed by atoms with Gasteiger partial charge in [0.15, 0.2) is 18.1 Å². The Bertz CT molecular complexity index is 835. The van der Waals surface area contributed by atoms with Gasteiger partial charge in [-0.15, -0.1) is 0 Å². The highest BCUT2D eigenvalue weighted by atomic mass is 35.5. The van der Waals surface area contributed by atoms with E-state index in [9.17, 15) is 9.59 Å². The predicted octanol–water partition coefficient (Wildman–Crippen LogP) is 2.85. The number of benzene rings is 2. The van der Waals surface area contributed by atoms with Gasteiger partial charge in [0.2, 0.25) is 0 Å². The summed E-state index contributed by atoms with van der Waals surface area (Å²) >= 11 is 5.79. The zero-order valence-corrected chi connectivity index (χ0v) is 15.1. The minimum atomic E-state index is -0.605. The molecule has 0 saturated heterocycles. The van der Waals surface area contributed by atoms with Gasteiger partial charge in [-0.25, -0.2) is 4.79 Å². The first-order valence-electron chi connectivity index (χ1n) is 8.36. The molecular formula is C20H18ClNO5. The van der Waals surface area contributed by atoms with Crippen molar-refractivity contribution in [2.75, 3.05) is 19.8 Å². The van der Waals surface area contributed by atoms with Crippen molar-refractivity contribution in [3.05, 3.63) is 65.2 Å². The first-order valence-corrected chi connectivity index (χ1v) is 8.73. The molecule has 6 nitrogen and oxygen atoms in total. The normalized spacial score (nSPS) is 15.4. The number of carbonyl (C=O) groups is 2. The summed E-state index contributed by atoms with van der Waals surface area (Å²) in [4.78, 5) is 23.5. The molecule has 1 aliphatic rings. The average molecular weight is 388 g/mol. The Balaban J connectivity index is 1.37. The van der Waals surface area contributed by atoms with Gasteiger partial charge in [0.1, 0.15) is 12.7 Å². The van der Waals surface area contributed by atoms with Crippen molar-refractivity contribution in [3.8, 4) is 11.5 Å². The Hall–Kier alpha value is -2.99. The summed E-state index contributed by atoms with van der Waals surface area (Å²) in [5, 5.41) is 3.27. The second-order valence-corrected chi connectivity index (χ2v) is 6.23. The van der Waals surface area contributed by atoms with Crippen LogP contribution in [0.1, 0.15) is 5.56 Å². The molecule has 0 aliphatic carbocycles. The molecule has 1 aliphatic heterocycles. The van der Waals surface area contributed by atoms with Crippen LogP contribution in [0, 0.1) is 0 Å². The largest absolute Gasteiger partial charge is 0.486 e. The van der Waals surface area contributed by atoms with E-state index in [0.29, 0.717) is 23.1 Å². The van der Waals surface area contributed by atoms with E-state index in [0.717, 1.165) is 5.56 Å². The van der Waals surface area contributed by atoms with E-state index in [1.54, 1.807) is 36.4 Å². The van der Waals surface area contributed by atoms with Crippen LogP contribution in [0.15, 0.2) is 54.6 Å². The van der Waals surface area contributed by atoms with Crippen LogP contribution in [0.2, 0.25) is 5.02 Å². The number of esters is 1. The minimum Gasteiger partial charge on any atom is -0.486 e. The lowest BCUT2D eigenvalue weighted by Gasteiger charge is -2.26. The summed E-state index contributed by atoms with van der Waals surface area (Å²) < 4.78 is 16.2. The number of para-hydroxylation sites is 2. The lowest BCUT2D eigenvalue weighted by molar-refractivity contribution is -0.143. The molecule has 0 aromatic heterocycles. The molecule has 27 heavy (non-hydrogen) atoms. The van der Waals surface area contributed by atoms with Crippen LogP contribution in [0.3, 0.4) is 0 Å². The van der Waals surface area contributed by atoms with Gasteiger partial charge in [0, 0.05) is 11.1 Å². The van der Waals surface area contributed by atoms with Crippen LogP contribution in [0.4, 0.5) is 0 Å². The molecule has 3 rings (SSSR count). The Morgan fingerprint density at radius 2 is 1.89 bits per heavy atom. The molecule has 0 saturated carbocycles. The van der Waals surface area contributed by atoms with E-state index in [4.69, 9.17) is 25.8 Å². The van der Waals surface area contributed by atoms with Crippen molar-refractivity contribution >= 4 is 29.6 Å². The summed E-state index contributed by atoms with van der Waals surface area (Å²) in [5.74, 6) is 0.306. The van der Waals surface area contributed by atoms with Gasteiger partial charge in [-0.1, -0.05) is 35.9 Å². The fourth-order valence-corrected chi connectivity index (χ4v) is 2.49. The lowest BCUT2D eigenvalue weighted by atomic mass is 10.2. The molecule has 0 unspecified atom stereocenters. The molecule has 1 atom stereocenters. The molecule has 140 valence electrons. The van der Waals surface area contributed by atoms with E-state index in [1.165, 1.54) is 6.08 Å². The summed E-state index contributed by atoms with van der Waals surface area (Å²) in [6.45, 7) is 0.222. The standard InChI is InChI=1S/C20H18ClNO5/c21-15-8-5-14(6-9-15)7-10-20(24)26-13-19(23)22-11-16-12-25-17-3-1-2-4-18(17)27-16/h1-10,16H,11-13H2,(H,22,23)/b10-7+/t16-/m1/s1. The van der Waals surface area contributed by atoms with Crippen LogP contribution >= 0.6 is 11.6 Å². The predicted molar refractivity (Wildman–Crippen MR) is 101 cm³/mol. The highest BCUT2D eigenvalue weighted by molar-refractivity contribution is 6.30. The number of nitrogens with one attached hydrogen (secondary N) is 1. The number of carbonyl (C=O) groups excluding carboxylic acids is 2. The second kappa shape index (κ2) is 9.09. The van der Waals surface area contributed by atoms with Crippen molar-refractivity contribution in [1.29, 1.82) is 0 Å². The van der Waals surface area contributed by atoms with Crippen molar-refractivity contribution < 1.29 is 23.8 Å². The van der Waals surface area contributed by atoms with Gasteiger partial charge in [-0.3, -0.25) is 4.79 Å². The molecule has 1 amide bonds. The van der Waals surface area contributed by atoms with Gasteiger partial charge in [0.05, 0.1) is 6.54 Å². The molecule has 0 spiro atoms. The highest BCUT2D eigenvalue weighted by Gasteiger charge is 2.21. The SMILES string of the molecule is O=C(COC(=O)/C=C/c1ccc(Cl)cc1)NC[C@@H]1COc2ccccc2O1. The third-order valence-corrected chi connectivity index (χ3v) is 3.97. The number of rotatable bonds is 6. The third kappa shape index (κ3) is 5.76. The minimum absolute atomic E-state index is 0.255. The molecule has 0 fully saturated rings. The molecule has 1 heterocycles. The summed E-state index contributed by atoms with van der Waals surface area (Å²) in [5.41, 5.74) is 0.801. The molecule has 2 aromatic rings. The average Bonchev–Trinajstić information content (AvgIpc) is 2.70. The van der Waals surface area contributed by atoms with E-state index < -0.39 is 11.9 Å². The molecule has 0 radical (unpaired) electrons. The summed E-state index contributed by atoms with van der Waals surface area (Å²) in [6, 6.07) is 14.3. The zero-order chi connectivity index (χ0) is 19.1. The van der Waals surface area contributed by atoms with Gasteiger partial charge in [0.25, 0.3) is 5.91 Å². The van der Waals surface area contributed by atoms with Gasteiger partial charge < -0.3 is 19.5 Å². The van der Waals surface area contributed by atoms with Crippen LogP contribution in [0.25, 0.3) is 6.08 Å². The van der Waals surface area contributed by atoms with Gasteiger partial charge >= 0.3 is 5.97 Å². The van der Waals surface area contributed by atoms with Gasteiger partial charge in [-0.2, -0.15) is 0 Å². The Labute approximate surface area is 161 Å². The van der Waals surface area contributed by atoms with Crippen molar-refractivity contribution in [2.24, 2.45) is 0 Å². The molecule has 0 bridgehead atoms. The summed E-state index contributed by atoms with van der Waals surface area (Å²) in [7, 11) is 0. The topological polar surface area (TPSA) is 73.9 Å². The van der Waals surface area contributed by atoms with Crippen LogP contribution in [-0.4, -0.2) is 37.7 Å². The van der Waals surface area contributed by atoms with Crippen LogP contribution in [0.5, 0.6) is 11.5 Å². The van der Waals surface area contributed by atoms with E-state index in [1.807, 2.05) is 18.2 Å². The highest BCUT2D eigenvalue weighted by Crippen LogP contribution is 2.30. The van der Waals surface area contributed by atoms with Crippen molar-refractivity contribution in [2.45, 2.75) is 6.10 Å². The number of amides is 1. The first-order chi connectivity index (χ1) is 13.1. The van der Waals surface area contributed by atoms with E-state index in [2.05, 4.69) is 5.32 Å². The Morgan fingerprint density at radius 3 is 2.67 bits per heavy atom. The number of hydrogen-bond donors (Lipinski definition) is 1. The molecular weight excluding hydrogens is 370 g/mol. The van der Waals surface area contributed by atoms with Crippen molar-refractivity contribution in [1.82, 2.24) is 5.32 Å². The first kappa shape index (κ1) is 18.8. The maximum absolute atomic E-state index is 11.8. The van der Waals surface area contributed by atoms with E-state index in [-0.39, 0.29) is 19.3 Å². The second-order valence-electron chi connectivity index (χ2n) is 5.79. The fourth-order valence-electron chi connectivity index (χ4n) is 2.37. The molecule has 2 aromatic carbocycles. The molecule has 1 N–H and O–H groups in total. The van der Waals surface area contributed by atoms with Crippen LogP contribution in [-0.2, 0) is 14.3 Å². The maximum Gasteiger partial charge on any atom is 0.331 e. The quantitative estimate of drug-likeness (QED) is 0.609. The van der Waals surface area contributed by atoms with E-state index >= 15 is 0 Å². The summed E-state index contributed by atoms with van der Waals surface area (Å²) in [6.07, 6.45) is 2.54. The smallest absolute Gasteiger partial charge is 0.331 e. The number of halogens is 1. The van der Waals surface area contributed by atoms with Gasteiger partial charge in [-0.05, 0) is 35.9 Å². The maximum atomic E-state index is 11.8.